The maximum atomic E-state index is 13.2. The summed E-state index contributed by atoms with van der Waals surface area (Å²) in [5, 5.41) is 8.93. The van der Waals surface area contributed by atoms with E-state index in [-0.39, 0.29) is 23.5 Å². The molecule has 2 heterocycles. The molecule has 1 amide bonds. The number of likely N-dealkylation sites (tertiary alicyclic amines) is 1. The van der Waals surface area contributed by atoms with Gasteiger partial charge in [-0.15, -0.1) is 0 Å². The summed E-state index contributed by atoms with van der Waals surface area (Å²) in [6.45, 7) is 0.784. The number of rotatable bonds is 2. The van der Waals surface area contributed by atoms with Gasteiger partial charge in [0.2, 0.25) is 0 Å². The Hall–Kier alpha value is -2.45. The Morgan fingerprint density at radius 1 is 1.29 bits per heavy atom. The number of carboxylic acid groups (broad SMARTS) is 1. The summed E-state index contributed by atoms with van der Waals surface area (Å²) in [5.74, 6) is -0.0430. The van der Waals surface area contributed by atoms with Crippen LogP contribution in [0.2, 0.25) is 0 Å². The van der Waals surface area contributed by atoms with E-state index in [9.17, 15) is 22.8 Å². The van der Waals surface area contributed by atoms with Gasteiger partial charge in [0.15, 0.2) is 0 Å². The number of amides is 1. The molecule has 0 aliphatic carbocycles. The summed E-state index contributed by atoms with van der Waals surface area (Å²) in [6, 6.07) is 3.66. The average molecular weight is 343 g/mol. The molecule has 1 aromatic carbocycles. The van der Waals surface area contributed by atoms with Crippen LogP contribution in [0.5, 0.6) is 0 Å². The number of hydrogen-bond donors (Lipinski definition) is 2. The lowest BCUT2D eigenvalue weighted by Crippen LogP contribution is -2.39. The van der Waals surface area contributed by atoms with E-state index in [1.807, 2.05) is 0 Å². The fourth-order valence-corrected chi connectivity index (χ4v) is 3.19. The summed E-state index contributed by atoms with van der Waals surface area (Å²) in [4.78, 5) is 26.7. The molecule has 0 bridgehead atoms. The zero-order valence-electron chi connectivity index (χ0n) is 12.6. The number of nitrogens with one attached hydrogen (secondary N) is 1. The second-order valence-electron chi connectivity index (χ2n) is 5.95. The molecule has 0 atom stereocenters. The van der Waals surface area contributed by atoms with Crippen LogP contribution in [0.4, 0.5) is 18.0 Å². The number of hydrogen-bond acceptors (Lipinski definition) is 2. The number of piperidine rings is 1. The number of alkyl halides is 3. The van der Waals surface area contributed by atoms with E-state index in [0.717, 1.165) is 10.6 Å². The maximum absolute atomic E-state index is 13.2. The molecule has 0 unspecified atom stereocenters. The zero-order chi connectivity index (χ0) is 17.5. The molecular weight excluding hydrogens is 327 g/mol. The number of carbonyl (C=O) groups is 1. The molecule has 1 aromatic heterocycles. The Kier molecular flexibility index (Phi) is 4.02. The molecule has 0 radical (unpaired) electrons. The normalized spacial score (nSPS) is 16.7. The van der Waals surface area contributed by atoms with Crippen molar-refractivity contribution in [3.8, 4) is 0 Å². The Labute approximate surface area is 134 Å². The first-order valence-electron chi connectivity index (χ1n) is 7.54. The number of aromatic nitrogens is 2. The molecule has 1 fully saturated rings. The van der Waals surface area contributed by atoms with Crippen LogP contribution < -0.4 is 5.69 Å². The topological polar surface area (TPSA) is 78.3 Å². The number of nitrogens with zero attached hydrogens (tertiary/aromatic N) is 2. The smallest absolute Gasteiger partial charge is 0.418 e. The monoisotopic (exact) mass is 343 g/mol. The second-order valence-corrected chi connectivity index (χ2v) is 5.95. The highest BCUT2D eigenvalue weighted by Gasteiger charge is 2.34. The lowest BCUT2D eigenvalue weighted by molar-refractivity contribution is -0.136. The van der Waals surface area contributed by atoms with Crippen molar-refractivity contribution in [2.75, 3.05) is 13.1 Å². The Bertz CT molecular complexity index is 817. The first kappa shape index (κ1) is 16.4. The van der Waals surface area contributed by atoms with Gasteiger partial charge in [-0.1, -0.05) is 6.07 Å². The van der Waals surface area contributed by atoms with Gasteiger partial charge in [0.05, 0.1) is 16.6 Å². The number of imidazole rings is 1. The Balaban J connectivity index is 1.92. The van der Waals surface area contributed by atoms with E-state index < -0.39 is 23.5 Å². The lowest BCUT2D eigenvalue weighted by Gasteiger charge is -2.30. The molecule has 130 valence electrons. The number of halogens is 3. The highest BCUT2D eigenvalue weighted by molar-refractivity contribution is 5.79. The Morgan fingerprint density at radius 2 is 1.96 bits per heavy atom. The van der Waals surface area contributed by atoms with Gasteiger partial charge in [-0.25, -0.2) is 9.59 Å². The SMILES string of the molecule is O=C(O)N1CCC(Cn2c(=O)[nH]c3cccc(C(F)(F)F)c32)CC1. The van der Waals surface area contributed by atoms with Crippen LogP contribution in [0.15, 0.2) is 23.0 Å². The largest absolute Gasteiger partial charge is 0.465 e. The third-order valence-corrected chi connectivity index (χ3v) is 4.42. The van der Waals surface area contributed by atoms with Gasteiger partial charge in [-0.3, -0.25) is 4.57 Å². The summed E-state index contributed by atoms with van der Waals surface area (Å²) < 4.78 is 40.8. The minimum atomic E-state index is -4.55. The van der Waals surface area contributed by atoms with Crippen molar-refractivity contribution in [3.05, 3.63) is 34.2 Å². The van der Waals surface area contributed by atoms with Gasteiger partial charge in [0.25, 0.3) is 0 Å². The molecule has 3 rings (SSSR count). The van der Waals surface area contributed by atoms with Gasteiger partial charge >= 0.3 is 18.0 Å². The molecular formula is C15H16F3N3O3. The number of aromatic amines is 1. The second kappa shape index (κ2) is 5.88. The standard InChI is InChI=1S/C15H16F3N3O3/c16-15(17,18)10-2-1-3-11-12(10)21(13(22)19-11)8-9-4-6-20(7-5-9)14(23)24/h1-3,9H,4-8H2,(H,19,22)(H,23,24). The van der Waals surface area contributed by atoms with Crippen LogP contribution in [0, 0.1) is 5.92 Å². The van der Waals surface area contributed by atoms with E-state index in [0.29, 0.717) is 25.9 Å². The maximum Gasteiger partial charge on any atom is 0.418 e. The van der Waals surface area contributed by atoms with Crippen molar-refractivity contribution >= 4 is 17.1 Å². The van der Waals surface area contributed by atoms with Gasteiger partial charge < -0.3 is 15.0 Å². The number of H-pyrrole nitrogens is 1. The third-order valence-electron chi connectivity index (χ3n) is 4.42. The van der Waals surface area contributed by atoms with Crippen LogP contribution in [-0.2, 0) is 12.7 Å². The fraction of sp³-hybridized carbons (Fsp3) is 0.467. The minimum absolute atomic E-state index is 0.0430. The number of benzene rings is 1. The van der Waals surface area contributed by atoms with Gasteiger partial charge in [0.1, 0.15) is 0 Å². The molecule has 0 spiro atoms. The van der Waals surface area contributed by atoms with Crippen LogP contribution >= 0.6 is 0 Å². The molecule has 9 heteroatoms. The van der Waals surface area contributed by atoms with Crippen LogP contribution in [0.25, 0.3) is 11.0 Å². The van der Waals surface area contributed by atoms with Gasteiger partial charge in [-0.05, 0) is 30.9 Å². The first-order valence-corrected chi connectivity index (χ1v) is 7.54. The van der Waals surface area contributed by atoms with E-state index in [1.165, 1.54) is 17.0 Å². The van der Waals surface area contributed by atoms with Crippen molar-refractivity contribution < 1.29 is 23.1 Å². The molecule has 2 N–H and O–H groups in total. The molecule has 1 saturated heterocycles. The van der Waals surface area contributed by atoms with Crippen molar-refractivity contribution in [3.63, 3.8) is 0 Å². The number of para-hydroxylation sites is 1. The van der Waals surface area contributed by atoms with Crippen LogP contribution in [0.3, 0.4) is 0 Å². The zero-order valence-corrected chi connectivity index (χ0v) is 12.6. The molecule has 1 aliphatic rings. The summed E-state index contributed by atoms with van der Waals surface area (Å²) in [6.07, 6.45) is -4.53. The summed E-state index contributed by atoms with van der Waals surface area (Å²) in [7, 11) is 0. The van der Waals surface area contributed by atoms with Crippen molar-refractivity contribution in [2.45, 2.75) is 25.6 Å². The summed E-state index contributed by atoms with van der Waals surface area (Å²) >= 11 is 0. The van der Waals surface area contributed by atoms with Crippen molar-refractivity contribution in [1.82, 2.24) is 14.5 Å². The minimum Gasteiger partial charge on any atom is -0.465 e. The van der Waals surface area contributed by atoms with E-state index in [2.05, 4.69) is 4.98 Å². The predicted octanol–water partition coefficient (Wildman–Crippen LogP) is 2.74. The van der Waals surface area contributed by atoms with Crippen molar-refractivity contribution in [1.29, 1.82) is 0 Å². The first-order chi connectivity index (χ1) is 11.3. The fourth-order valence-electron chi connectivity index (χ4n) is 3.19. The molecule has 24 heavy (non-hydrogen) atoms. The van der Waals surface area contributed by atoms with Crippen LogP contribution in [0.1, 0.15) is 18.4 Å². The molecule has 6 nitrogen and oxygen atoms in total. The van der Waals surface area contributed by atoms with E-state index in [4.69, 9.17) is 5.11 Å². The molecule has 1 aliphatic heterocycles. The Morgan fingerprint density at radius 3 is 2.54 bits per heavy atom. The molecule has 0 saturated carbocycles. The lowest BCUT2D eigenvalue weighted by atomic mass is 9.97. The third kappa shape index (κ3) is 2.98. The highest BCUT2D eigenvalue weighted by Crippen LogP contribution is 2.34. The van der Waals surface area contributed by atoms with E-state index in [1.54, 1.807) is 0 Å². The van der Waals surface area contributed by atoms with Crippen LogP contribution in [-0.4, -0.2) is 38.7 Å². The summed E-state index contributed by atoms with van der Waals surface area (Å²) in [5.41, 5.74) is -1.42. The molecule has 2 aromatic rings. The van der Waals surface area contributed by atoms with Gasteiger partial charge in [0, 0.05) is 19.6 Å². The van der Waals surface area contributed by atoms with Gasteiger partial charge in [-0.2, -0.15) is 13.2 Å². The van der Waals surface area contributed by atoms with Crippen molar-refractivity contribution in [2.24, 2.45) is 5.92 Å². The number of fused-ring (bicyclic) bond motifs is 1. The predicted molar refractivity (Wildman–Crippen MR) is 79.9 cm³/mol. The highest BCUT2D eigenvalue weighted by atomic mass is 19.4. The average Bonchev–Trinajstić information content (AvgIpc) is 2.82. The quantitative estimate of drug-likeness (QED) is 0.880. The van der Waals surface area contributed by atoms with E-state index >= 15 is 0 Å².